The van der Waals surface area contributed by atoms with Crippen LogP contribution in [0.15, 0.2) is 52.8 Å². The van der Waals surface area contributed by atoms with Gasteiger partial charge in [-0.15, -0.1) is 10.2 Å². The van der Waals surface area contributed by atoms with E-state index in [0.717, 1.165) is 12.1 Å². The van der Waals surface area contributed by atoms with E-state index in [9.17, 15) is 13.2 Å². The van der Waals surface area contributed by atoms with Gasteiger partial charge in [0.25, 0.3) is 0 Å². The van der Waals surface area contributed by atoms with Gasteiger partial charge < -0.3 is 0 Å². The number of benzene rings is 1. The van der Waals surface area contributed by atoms with Crippen LogP contribution in [0, 0.1) is 6.92 Å². The number of alkyl halides is 3. The Kier molecular flexibility index (Phi) is 3.81. The summed E-state index contributed by atoms with van der Waals surface area (Å²) in [7, 11) is 0. The lowest BCUT2D eigenvalue weighted by Gasteiger charge is -2.05. The van der Waals surface area contributed by atoms with Crippen LogP contribution in [-0.4, -0.2) is 9.38 Å². The van der Waals surface area contributed by atoms with Crippen LogP contribution in [0.2, 0.25) is 5.02 Å². The quantitative estimate of drug-likeness (QED) is 0.550. The summed E-state index contributed by atoms with van der Waals surface area (Å²) in [5.41, 5.74) is 0.566. The molecule has 0 radical (unpaired) electrons. The largest absolute Gasteiger partial charge is 0.416 e. The fourth-order valence-corrected chi connectivity index (χ4v) is 2.25. The number of aryl methyl sites for hydroxylation is 1. The molecule has 4 nitrogen and oxygen atoms in total. The van der Waals surface area contributed by atoms with Crippen LogP contribution in [0.1, 0.15) is 11.3 Å². The van der Waals surface area contributed by atoms with E-state index in [-0.39, 0.29) is 5.69 Å². The zero-order chi connectivity index (χ0) is 16.6. The first kappa shape index (κ1) is 15.5. The molecule has 0 aliphatic carbocycles. The van der Waals surface area contributed by atoms with Crippen LogP contribution in [0.3, 0.4) is 0 Å². The van der Waals surface area contributed by atoms with Crippen molar-refractivity contribution in [2.45, 2.75) is 13.1 Å². The third-order valence-electron chi connectivity index (χ3n) is 3.16. The second kappa shape index (κ2) is 5.66. The number of azo groups is 1. The van der Waals surface area contributed by atoms with Gasteiger partial charge in [0.05, 0.1) is 22.0 Å². The molecule has 8 heteroatoms. The maximum absolute atomic E-state index is 12.7. The maximum Gasteiger partial charge on any atom is 0.416 e. The van der Waals surface area contributed by atoms with Gasteiger partial charge in [0.1, 0.15) is 5.65 Å². The van der Waals surface area contributed by atoms with Crippen molar-refractivity contribution in [1.82, 2.24) is 9.38 Å². The van der Waals surface area contributed by atoms with E-state index in [1.54, 1.807) is 29.7 Å². The summed E-state index contributed by atoms with van der Waals surface area (Å²) in [5, 5.41) is 8.40. The van der Waals surface area contributed by atoms with Crippen molar-refractivity contribution >= 4 is 28.8 Å². The van der Waals surface area contributed by atoms with Crippen molar-refractivity contribution in [2.24, 2.45) is 10.2 Å². The number of halogens is 4. The first-order valence-electron chi connectivity index (χ1n) is 6.58. The van der Waals surface area contributed by atoms with Crippen LogP contribution in [0.4, 0.5) is 24.7 Å². The second-order valence-corrected chi connectivity index (χ2v) is 5.28. The molecule has 0 bridgehead atoms. The zero-order valence-electron chi connectivity index (χ0n) is 11.8. The number of hydrogen-bond acceptors (Lipinski definition) is 3. The molecular formula is C15H10ClF3N4. The number of pyridine rings is 1. The molecule has 1 aromatic carbocycles. The number of nitrogens with zero attached hydrogens (tertiary/aromatic N) is 4. The minimum Gasteiger partial charge on any atom is -0.281 e. The number of hydrogen-bond donors (Lipinski definition) is 0. The van der Waals surface area contributed by atoms with E-state index in [4.69, 9.17) is 11.6 Å². The summed E-state index contributed by atoms with van der Waals surface area (Å²) < 4.78 is 39.7. The molecule has 0 spiro atoms. The number of fused-ring (bicyclic) bond motifs is 1. The first-order chi connectivity index (χ1) is 10.8. The van der Waals surface area contributed by atoms with Crippen molar-refractivity contribution < 1.29 is 13.2 Å². The molecular weight excluding hydrogens is 329 g/mol. The third kappa shape index (κ3) is 3.19. The molecule has 2 aromatic heterocycles. The van der Waals surface area contributed by atoms with E-state index >= 15 is 0 Å². The summed E-state index contributed by atoms with van der Waals surface area (Å²) >= 11 is 5.94. The fourth-order valence-electron chi connectivity index (χ4n) is 2.09. The minimum absolute atomic E-state index is 0.108. The van der Waals surface area contributed by atoms with Crippen LogP contribution >= 0.6 is 11.6 Å². The topological polar surface area (TPSA) is 42.0 Å². The van der Waals surface area contributed by atoms with Gasteiger partial charge in [0.15, 0.2) is 5.82 Å². The van der Waals surface area contributed by atoms with Gasteiger partial charge in [-0.3, -0.25) is 4.40 Å². The van der Waals surface area contributed by atoms with Crippen molar-refractivity contribution in [1.29, 1.82) is 0 Å². The molecule has 0 aliphatic heterocycles. The SMILES string of the molecule is Cc1nc2ccc(Cl)cn2c1N=Nc1cccc(C(F)(F)F)c1. The van der Waals surface area contributed by atoms with E-state index in [1.165, 1.54) is 12.1 Å². The molecule has 0 saturated heterocycles. The average molecular weight is 339 g/mol. The van der Waals surface area contributed by atoms with Crippen molar-refractivity contribution in [3.05, 3.63) is 58.9 Å². The molecule has 3 aromatic rings. The number of rotatable bonds is 2. The lowest BCUT2D eigenvalue weighted by molar-refractivity contribution is -0.137. The van der Waals surface area contributed by atoms with Crippen LogP contribution in [-0.2, 0) is 6.18 Å². The molecule has 0 aliphatic rings. The van der Waals surface area contributed by atoms with Gasteiger partial charge in [0, 0.05) is 6.20 Å². The average Bonchev–Trinajstić information content (AvgIpc) is 2.79. The van der Waals surface area contributed by atoms with Crippen molar-refractivity contribution in [3.63, 3.8) is 0 Å². The molecule has 0 unspecified atom stereocenters. The summed E-state index contributed by atoms with van der Waals surface area (Å²) in [6.07, 6.45) is -2.80. The molecule has 0 N–H and O–H groups in total. The summed E-state index contributed by atoms with van der Waals surface area (Å²) in [5.74, 6) is 0.417. The Hall–Kier alpha value is -2.41. The van der Waals surface area contributed by atoms with Crippen LogP contribution in [0.25, 0.3) is 5.65 Å². The molecule has 0 saturated carbocycles. The Balaban J connectivity index is 2.01. The predicted molar refractivity (Wildman–Crippen MR) is 80.6 cm³/mol. The molecule has 0 atom stereocenters. The molecule has 23 heavy (non-hydrogen) atoms. The molecule has 118 valence electrons. The summed E-state index contributed by atoms with van der Waals surface area (Å²) in [6.45, 7) is 1.74. The van der Waals surface area contributed by atoms with Gasteiger partial charge in [-0.25, -0.2) is 4.98 Å². The Morgan fingerprint density at radius 3 is 2.65 bits per heavy atom. The van der Waals surface area contributed by atoms with Crippen molar-refractivity contribution in [3.8, 4) is 0 Å². The molecule has 3 rings (SSSR count). The van der Waals surface area contributed by atoms with E-state index in [1.807, 2.05) is 0 Å². The van der Waals surface area contributed by atoms with E-state index in [0.29, 0.717) is 22.2 Å². The Morgan fingerprint density at radius 1 is 1.13 bits per heavy atom. The summed E-state index contributed by atoms with van der Waals surface area (Å²) in [4.78, 5) is 4.29. The predicted octanol–water partition coefficient (Wildman–Crippen LogP) is 5.73. The Morgan fingerprint density at radius 2 is 1.91 bits per heavy atom. The third-order valence-corrected chi connectivity index (χ3v) is 3.38. The van der Waals surface area contributed by atoms with Gasteiger partial charge in [-0.2, -0.15) is 13.2 Å². The zero-order valence-corrected chi connectivity index (χ0v) is 12.6. The maximum atomic E-state index is 12.7. The highest BCUT2D eigenvalue weighted by molar-refractivity contribution is 6.30. The number of imidazole rings is 1. The smallest absolute Gasteiger partial charge is 0.281 e. The Labute approximate surface area is 134 Å². The van der Waals surface area contributed by atoms with Gasteiger partial charge in [-0.05, 0) is 37.3 Å². The van der Waals surface area contributed by atoms with Crippen LogP contribution in [0.5, 0.6) is 0 Å². The summed E-state index contributed by atoms with van der Waals surface area (Å²) in [6, 6.07) is 8.07. The highest BCUT2D eigenvalue weighted by atomic mass is 35.5. The van der Waals surface area contributed by atoms with E-state index in [2.05, 4.69) is 15.2 Å². The van der Waals surface area contributed by atoms with Gasteiger partial charge >= 0.3 is 6.18 Å². The first-order valence-corrected chi connectivity index (χ1v) is 6.95. The highest BCUT2D eigenvalue weighted by Gasteiger charge is 2.30. The molecule has 0 amide bonds. The van der Waals surface area contributed by atoms with Gasteiger partial charge in [0.2, 0.25) is 0 Å². The van der Waals surface area contributed by atoms with Crippen molar-refractivity contribution in [2.75, 3.05) is 0 Å². The molecule has 2 heterocycles. The number of aromatic nitrogens is 2. The Bertz CT molecular complexity index is 899. The van der Waals surface area contributed by atoms with Crippen LogP contribution < -0.4 is 0 Å². The highest BCUT2D eigenvalue weighted by Crippen LogP contribution is 2.32. The second-order valence-electron chi connectivity index (χ2n) is 4.84. The minimum atomic E-state index is -4.42. The lowest BCUT2D eigenvalue weighted by Crippen LogP contribution is -2.03. The normalized spacial score (nSPS) is 12.4. The molecule has 0 fully saturated rings. The lowest BCUT2D eigenvalue weighted by atomic mass is 10.2. The standard InChI is InChI=1S/C15H10ClF3N4/c1-9-14(23-8-11(16)5-6-13(23)20-9)22-21-12-4-2-3-10(7-12)15(17,18)19/h2-8H,1H3. The van der Waals surface area contributed by atoms with E-state index < -0.39 is 11.7 Å². The van der Waals surface area contributed by atoms with Gasteiger partial charge in [-0.1, -0.05) is 17.7 Å². The monoisotopic (exact) mass is 338 g/mol. The fraction of sp³-hybridized carbons (Fsp3) is 0.133.